The van der Waals surface area contributed by atoms with Gasteiger partial charge in [0.05, 0.1) is 24.4 Å². The van der Waals surface area contributed by atoms with Crippen molar-refractivity contribution >= 4 is 5.82 Å². The van der Waals surface area contributed by atoms with Crippen LogP contribution in [0.4, 0.5) is 5.82 Å². The maximum Gasteiger partial charge on any atom is 0.121 e. The first-order valence-corrected chi connectivity index (χ1v) is 5.11. The zero-order valence-corrected chi connectivity index (χ0v) is 8.68. The molecular formula is C10H17N3O. The number of nitrogens with two attached hydrogens (primary N) is 1. The van der Waals surface area contributed by atoms with Crippen molar-refractivity contribution in [1.82, 2.24) is 9.78 Å². The van der Waals surface area contributed by atoms with E-state index in [2.05, 4.69) is 18.9 Å². The van der Waals surface area contributed by atoms with Crippen molar-refractivity contribution in [2.45, 2.75) is 44.9 Å². The fourth-order valence-electron chi connectivity index (χ4n) is 2.20. The average molecular weight is 195 g/mol. The lowest BCUT2D eigenvalue weighted by Gasteiger charge is -2.32. The van der Waals surface area contributed by atoms with Gasteiger partial charge in [0.25, 0.3) is 0 Å². The molecule has 4 heteroatoms. The first-order valence-electron chi connectivity index (χ1n) is 5.11. The van der Waals surface area contributed by atoms with Gasteiger partial charge in [-0.1, -0.05) is 0 Å². The maximum absolute atomic E-state index is 5.82. The van der Waals surface area contributed by atoms with Gasteiger partial charge < -0.3 is 10.5 Å². The van der Waals surface area contributed by atoms with E-state index in [1.165, 1.54) is 0 Å². The molecule has 0 spiro atoms. The molecule has 0 aliphatic carbocycles. The molecule has 2 atom stereocenters. The molecule has 4 nitrogen and oxygen atoms in total. The zero-order valence-electron chi connectivity index (χ0n) is 8.68. The fourth-order valence-corrected chi connectivity index (χ4v) is 2.20. The summed E-state index contributed by atoms with van der Waals surface area (Å²) in [4.78, 5) is 0. The summed E-state index contributed by atoms with van der Waals surface area (Å²) in [5, 5.41) is 4.24. The first kappa shape index (κ1) is 9.52. The van der Waals surface area contributed by atoms with Gasteiger partial charge in [-0.25, -0.2) is 4.68 Å². The number of hydrogen-bond acceptors (Lipinski definition) is 3. The molecular weight excluding hydrogens is 178 g/mol. The highest BCUT2D eigenvalue weighted by Gasteiger charge is 2.26. The van der Waals surface area contributed by atoms with Gasteiger partial charge in [0.2, 0.25) is 0 Å². The summed E-state index contributed by atoms with van der Waals surface area (Å²) in [5.74, 6) is 0.747. The Morgan fingerprint density at radius 3 is 2.57 bits per heavy atom. The molecule has 1 fully saturated rings. The van der Waals surface area contributed by atoms with Gasteiger partial charge in [0.15, 0.2) is 0 Å². The van der Waals surface area contributed by atoms with Crippen LogP contribution in [0.5, 0.6) is 0 Å². The smallest absolute Gasteiger partial charge is 0.121 e. The highest BCUT2D eigenvalue weighted by Crippen LogP contribution is 2.29. The molecule has 0 radical (unpaired) electrons. The summed E-state index contributed by atoms with van der Waals surface area (Å²) in [5.41, 5.74) is 5.82. The minimum absolute atomic E-state index is 0.298. The molecule has 1 aliphatic rings. The van der Waals surface area contributed by atoms with Crippen LogP contribution < -0.4 is 5.73 Å². The predicted molar refractivity (Wildman–Crippen MR) is 54.9 cm³/mol. The van der Waals surface area contributed by atoms with E-state index in [1.807, 2.05) is 10.7 Å². The SMILES string of the molecule is CC1CC(n2nccc2N)CC(C)O1. The standard InChI is InChI=1S/C10H17N3O/c1-7-5-9(6-8(2)14-7)13-10(11)3-4-12-13/h3-4,7-9H,5-6,11H2,1-2H3. The molecule has 1 saturated heterocycles. The Kier molecular flexibility index (Phi) is 2.46. The summed E-state index contributed by atoms with van der Waals surface area (Å²) < 4.78 is 7.58. The lowest BCUT2D eigenvalue weighted by atomic mass is 10.0. The normalized spacial score (nSPS) is 33.1. The van der Waals surface area contributed by atoms with Gasteiger partial charge in [0, 0.05) is 0 Å². The third-order valence-corrected chi connectivity index (χ3v) is 2.72. The van der Waals surface area contributed by atoms with Crippen molar-refractivity contribution in [1.29, 1.82) is 0 Å². The Morgan fingerprint density at radius 2 is 2.07 bits per heavy atom. The third-order valence-electron chi connectivity index (χ3n) is 2.72. The van der Waals surface area contributed by atoms with Gasteiger partial charge in [-0.15, -0.1) is 0 Å². The van der Waals surface area contributed by atoms with E-state index in [9.17, 15) is 0 Å². The molecule has 1 aromatic heterocycles. The van der Waals surface area contributed by atoms with Crippen LogP contribution in [0.15, 0.2) is 12.3 Å². The Balaban J connectivity index is 2.15. The number of anilines is 1. The van der Waals surface area contributed by atoms with Crippen molar-refractivity contribution in [3.8, 4) is 0 Å². The second-order valence-electron chi connectivity index (χ2n) is 4.08. The number of aromatic nitrogens is 2. The molecule has 0 amide bonds. The van der Waals surface area contributed by atoms with Crippen LogP contribution in [-0.4, -0.2) is 22.0 Å². The van der Waals surface area contributed by atoms with Crippen LogP contribution >= 0.6 is 0 Å². The molecule has 2 unspecified atom stereocenters. The molecule has 1 aliphatic heterocycles. The summed E-state index contributed by atoms with van der Waals surface area (Å²) in [6.45, 7) is 4.20. The third kappa shape index (κ3) is 1.75. The quantitative estimate of drug-likeness (QED) is 0.740. The molecule has 1 aromatic rings. The molecule has 2 N–H and O–H groups in total. The van der Waals surface area contributed by atoms with E-state index >= 15 is 0 Å². The second-order valence-corrected chi connectivity index (χ2v) is 4.08. The largest absolute Gasteiger partial charge is 0.384 e. The lowest BCUT2D eigenvalue weighted by molar-refractivity contribution is -0.0502. The molecule has 2 rings (SSSR count). The van der Waals surface area contributed by atoms with Crippen molar-refractivity contribution in [2.24, 2.45) is 0 Å². The fraction of sp³-hybridized carbons (Fsp3) is 0.700. The molecule has 0 saturated carbocycles. The maximum atomic E-state index is 5.82. The van der Waals surface area contributed by atoms with Crippen molar-refractivity contribution < 1.29 is 4.74 Å². The van der Waals surface area contributed by atoms with Crippen LogP contribution in [0, 0.1) is 0 Å². The highest BCUT2D eigenvalue weighted by molar-refractivity contribution is 5.26. The predicted octanol–water partition coefficient (Wildman–Crippen LogP) is 1.59. The van der Waals surface area contributed by atoms with E-state index in [-0.39, 0.29) is 0 Å². The lowest BCUT2D eigenvalue weighted by Crippen LogP contribution is -2.31. The number of rotatable bonds is 1. The molecule has 14 heavy (non-hydrogen) atoms. The van der Waals surface area contributed by atoms with E-state index in [1.54, 1.807) is 6.20 Å². The Labute approximate surface area is 84.0 Å². The van der Waals surface area contributed by atoms with Crippen LogP contribution in [0.1, 0.15) is 32.7 Å². The van der Waals surface area contributed by atoms with E-state index in [0.717, 1.165) is 18.7 Å². The minimum atomic E-state index is 0.298. The summed E-state index contributed by atoms with van der Waals surface area (Å²) >= 11 is 0. The molecule has 0 bridgehead atoms. The summed E-state index contributed by atoms with van der Waals surface area (Å²) in [6.07, 6.45) is 4.34. The number of nitrogens with zero attached hydrogens (tertiary/aromatic N) is 2. The van der Waals surface area contributed by atoms with Crippen LogP contribution in [0.3, 0.4) is 0 Å². The van der Waals surface area contributed by atoms with Gasteiger partial charge in [-0.05, 0) is 32.8 Å². The average Bonchev–Trinajstić information content (AvgIpc) is 2.49. The van der Waals surface area contributed by atoms with E-state index < -0.39 is 0 Å². The number of nitrogen functional groups attached to an aromatic ring is 1. The van der Waals surface area contributed by atoms with Crippen molar-refractivity contribution in [2.75, 3.05) is 5.73 Å². The highest BCUT2D eigenvalue weighted by atomic mass is 16.5. The van der Waals surface area contributed by atoms with Gasteiger partial charge in [-0.2, -0.15) is 5.10 Å². The van der Waals surface area contributed by atoms with Crippen molar-refractivity contribution in [3.63, 3.8) is 0 Å². The van der Waals surface area contributed by atoms with Gasteiger partial charge in [0.1, 0.15) is 5.82 Å². The second kappa shape index (κ2) is 3.61. The van der Waals surface area contributed by atoms with Crippen LogP contribution in [0.25, 0.3) is 0 Å². The number of hydrogen-bond donors (Lipinski definition) is 1. The Bertz CT molecular complexity index is 300. The first-order chi connectivity index (χ1) is 6.66. The topological polar surface area (TPSA) is 53.1 Å². The molecule has 2 heterocycles. The minimum Gasteiger partial charge on any atom is -0.384 e. The van der Waals surface area contributed by atoms with Crippen LogP contribution in [-0.2, 0) is 4.74 Å². The number of ether oxygens (including phenoxy) is 1. The van der Waals surface area contributed by atoms with E-state index in [4.69, 9.17) is 10.5 Å². The monoisotopic (exact) mass is 195 g/mol. The van der Waals surface area contributed by atoms with Crippen molar-refractivity contribution in [3.05, 3.63) is 12.3 Å². The summed E-state index contributed by atoms with van der Waals surface area (Å²) in [7, 11) is 0. The molecule has 0 aromatic carbocycles. The van der Waals surface area contributed by atoms with Gasteiger partial charge >= 0.3 is 0 Å². The Hall–Kier alpha value is -1.03. The van der Waals surface area contributed by atoms with Crippen LogP contribution in [0.2, 0.25) is 0 Å². The Morgan fingerprint density at radius 1 is 1.43 bits per heavy atom. The zero-order chi connectivity index (χ0) is 10.1. The molecule has 78 valence electrons. The summed E-state index contributed by atoms with van der Waals surface area (Å²) in [6, 6.07) is 2.23. The van der Waals surface area contributed by atoms with Gasteiger partial charge in [-0.3, -0.25) is 0 Å². The van der Waals surface area contributed by atoms with E-state index in [0.29, 0.717) is 18.2 Å².